The number of hydrogen-bond acceptors (Lipinski definition) is 6. The number of carbonyl (C=O) groups excluding carboxylic acids is 1. The predicted molar refractivity (Wildman–Crippen MR) is 71.4 cm³/mol. The fraction of sp³-hybridized carbons (Fsp3) is 0.250. The number of aryl methyl sites for hydroxylation is 2. The Labute approximate surface area is 114 Å². The van der Waals surface area contributed by atoms with Crippen molar-refractivity contribution in [3.8, 4) is 0 Å². The second-order valence-corrected chi connectivity index (χ2v) is 4.91. The van der Waals surface area contributed by atoms with Crippen LogP contribution in [-0.4, -0.2) is 15.9 Å². The molecule has 2 heterocycles. The molecular weight excluding hydrogens is 264 g/mol. The maximum Gasteiger partial charge on any atom is 0.301 e. The van der Waals surface area contributed by atoms with E-state index >= 15 is 0 Å². The van der Waals surface area contributed by atoms with Gasteiger partial charge in [0.05, 0.1) is 6.26 Å². The molecule has 0 spiro atoms. The van der Waals surface area contributed by atoms with Crippen LogP contribution in [0.2, 0.25) is 0 Å². The Kier molecular flexibility index (Phi) is 4.18. The molecule has 6 nitrogen and oxygen atoms in total. The summed E-state index contributed by atoms with van der Waals surface area (Å²) in [6, 6.07) is 3.65. The first-order chi connectivity index (χ1) is 9.10. The quantitative estimate of drug-likeness (QED) is 0.290. The van der Waals surface area contributed by atoms with Gasteiger partial charge in [0.25, 0.3) is 0 Å². The van der Waals surface area contributed by atoms with E-state index in [0.717, 1.165) is 17.0 Å². The lowest BCUT2D eigenvalue weighted by molar-refractivity contribution is 0.0925. The molecule has 1 amide bonds. The number of nitrogens with two attached hydrogens (primary N) is 1. The van der Waals surface area contributed by atoms with E-state index in [0.29, 0.717) is 10.9 Å². The van der Waals surface area contributed by atoms with E-state index in [2.05, 4.69) is 15.4 Å². The monoisotopic (exact) mass is 278 g/mol. The molecule has 0 aliphatic heterocycles. The second kappa shape index (κ2) is 5.85. The van der Waals surface area contributed by atoms with Crippen LogP contribution in [0.4, 0.5) is 0 Å². The van der Waals surface area contributed by atoms with E-state index in [9.17, 15) is 4.79 Å². The number of rotatable bonds is 4. The van der Waals surface area contributed by atoms with Crippen molar-refractivity contribution in [3.05, 3.63) is 41.1 Å². The first-order valence-electron chi connectivity index (χ1n) is 5.62. The number of amides is 1. The second-order valence-electron chi connectivity index (χ2n) is 3.97. The zero-order valence-corrected chi connectivity index (χ0v) is 11.5. The fourth-order valence-corrected chi connectivity index (χ4v) is 2.54. The molecule has 2 rings (SSSR count). The molecule has 0 saturated heterocycles. The van der Waals surface area contributed by atoms with Crippen LogP contribution in [0.3, 0.4) is 0 Å². The summed E-state index contributed by atoms with van der Waals surface area (Å²) >= 11 is 1.45. The van der Waals surface area contributed by atoms with Crippen LogP contribution in [0.1, 0.15) is 27.5 Å². The average molecular weight is 278 g/mol. The van der Waals surface area contributed by atoms with Crippen molar-refractivity contribution in [2.45, 2.75) is 24.8 Å². The summed E-state index contributed by atoms with van der Waals surface area (Å²) in [4.78, 5) is 20.1. The number of furan rings is 1. The summed E-state index contributed by atoms with van der Waals surface area (Å²) in [6.45, 7) is 3.84. The summed E-state index contributed by atoms with van der Waals surface area (Å²) < 4.78 is 5.11. The first-order valence-corrected chi connectivity index (χ1v) is 6.61. The molecule has 3 N–H and O–H groups in total. The summed E-state index contributed by atoms with van der Waals surface area (Å²) in [5, 5.41) is 0.679. The van der Waals surface area contributed by atoms with E-state index < -0.39 is 5.91 Å². The van der Waals surface area contributed by atoms with Crippen molar-refractivity contribution in [2.24, 2.45) is 5.84 Å². The number of hydrogen-bond donors (Lipinski definition) is 2. The minimum Gasteiger partial charge on any atom is -0.459 e. The molecular formula is C12H14N4O2S. The number of thioether (sulfide) groups is 1. The van der Waals surface area contributed by atoms with Crippen molar-refractivity contribution >= 4 is 17.7 Å². The van der Waals surface area contributed by atoms with Gasteiger partial charge in [0, 0.05) is 22.7 Å². The van der Waals surface area contributed by atoms with Crippen molar-refractivity contribution in [3.63, 3.8) is 0 Å². The lowest BCUT2D eigenvalue weighted by Crippen LogP contribution is -2.30. The van der Waals surface area contributed by atoms with Crippen LogP contribution in [0.15, 0.2) is 28.0 Å². The molecule has 0 aliphatic rings. The zero-order valence-electron chi connectivity index (χ0n) is 10.6. The Morgan fingerprint density at radius 2 is 2.11 bits per heavy atom. The molecule has 0 bridgehead atoms. The van der Waals surface area contributed by atoms with Crippen LogP contribution in [-0.2, 0) is 5.75 Å². The summed E-state index contributed by atoms with van der Waals surface area (Å²) in [7, 11) is 0. The molecule has 0 radical (unpaired) electrons. The largest absolute Gasteiger partial charge is 0.459 e. The molecule has 0 fully saturated rings. The Balaban J connectivity index is 2.10. The van der Waals surface area contributed by atoms with Crippen molar-refractivity contribution < 1.29 is 9.21 Å². The number of aromatic nitrogens is 2. The molecule has 0 aliphatic carbocycles. The summed E-state index contributed by atoms with van der Waals surface area (Å²) in [6.07, 6.45) is 1.46. The summed E-state index contributed by atoms with van der Waals surface area (Å²) in [5.41, 5.74) is 4.65. The van der Waals surface area contributed by atoms with Gasteiger partial charge in [-0.15, -0.1) is 0 Å². The third-order valence-electron chi connectivity index (χ3n) is 2.40. The fourth-order valence-electron chi connectivity index (χ4n) is 1.61. The highest BCUT2D eigenvalue weighted by molar-refractivity contribution is 7.98. The number of carbonyl (C=O) groups is 1. The topological polar surface area (TPSA) is 94.0 Å². The Morgan fingerprint density at radius 1 is 1.42 bits per heavy atom. The number of nitrogen functional groups attached to an aromatic ring is 1. The van der Waals surface area contributed by atoms with Crippen molar-refractivity contribution in [1.29, 1.82) is 0 Å². The van der Waals surface area contributed by atoms with Crippen LogP contribution >= 0.6 is 11.8 Å². The maximum atomic E-state index is 11.4. The van der Waals surface area contributed by atoms with Gasteiger partial charge < -0.3 is 4.42 Å². The minimum atomic E-state index is -0.443. The molecule has 0 atom stereocenters. The van der Waals surface area contributed by atoms with Crippen molar-refractivity contribution in [2.75, 3.05) is 0 Å². The minimum absolute atomic E-state index is 0.222. The number of nitrogens with zero attached hydrogens (tertiary/aromatic N) is 2. The van der Waals surface area contributed by atoms with Crippen LogP contribution in [0.25, 0.3) is 0 Å². The third-order valence-corrected chi connectivity index (χ3v) is 3.30. The molecule has 0 saturated carbocycles. The van der Waals surface area contributed by atoms with Crippen LogP contribution in [0.5, 0.6) is 0 Å². The van der Waals surface area contributed by atoms with E-state index in [1.165, 1.54) is 18.0 Å². The highest BCUT2D eigenvalue weighted by atomic mass is 32.2. The molecule has 2 aromatic heterocycles. The molecule has 7 heteroatoms. The lowest BCUT2D eigenvalue weighted by atomic mass is 10.3. The molecule has 0 aromatic carbocycles. The molecule has 100 valence electrons. The lowest BCUT2D eigenvalue weighted by Gasteiger charge is -2.03. The van der Waals surface area contributed by atoms with E-state index in [1.807, 2.05) is 19.9 Å². The van der Waals surface area contributed by atoms with Gasteiger partial charge in [0.15, 0.2) is 10.9 Å². The highest BCUT2D eigenvalue weighted by Crippen LogP contribution is 2.22. The Bertz CT molecular complexity index is 577. The van der Waals surface area contributed by atoms with Crippen molar-refractivity contribution in [1.82, 2.24) is 15.4 Å². The standard InChI is InChI=1S/C12H14N4O2S/c1-7-5-8(2)15-12(14-7)19-6-9-3-4-18-10(9)11(17)16-13/h3-5H,6,13H2,1-2H3,(H,16,17). The number of hydrazine groups is 1. The van der Waals surface area contributed by atoms with Gasteiger partial charge in [-0.25, -0.2) is 15.8 Å². The summed E-state index contributed by atoms with van der Waals surface area (Å²) in [5.74, 6) is 5.41. The van der Waals surface area contributed by atoms with Gasteiger partial charge in [0.2, 0.25) is 0 Å². The SMILES string of the molecule is Cc1cc(C)nc(SCc2ccoc2C(=O)NN)n1. The van der Waals surface area contributed by atoms with E-state index in [-0.39, 0.29) is 5.76 Å². The normalized spacial score (nSPS) is 10.5. The average Bonchev–Trinajstić information content (AvgIpc) is 2.82. The van der Waals surface area contributed by atoms with E-state index in [1.54, 1.807) is 6.07 Å². The Morgan fingerprint density at radius 3 is 2.74 bits per heavy atom. The molecule has 0 unspecified atom stereocenters. The highest BCUT2D eigenvalue weighted by Gasteiger charge is 2.14. The maximum absolute atomic E-state index is 11.4. The zero-order chi connectivity index (χ0) is 13.8. The van der Waals surface area contributed by atoms with Gasteiger partial charge in [-0.2, -0.15) is 0 Å². The van der Waals surface area contributed by atoms with Gasteiger partial charge >= 0.3 is 5.91 Å². The van der Waals surface area contributed by atoms with Gasteiger partial charge in [-0.3, -0.25) is 10.2 Å². The molecule has 2 aromatic rings. The first kappa shape index (κ1) is 13.6. The smallest absolute Gasteiger partial charge is 0.301 e. The Hall–Kier alpha value is -1.86. The number of nitrogens with one attached hydrogen (secondary N) is 1. The van der Waals surface area contributed by atoms with Gasteiger partial charge in [0.1, 0.15) is 0 Å². The van der Waals surface area contributed by atoms with Gasteiger partial charge in [-0.05, 0) is 26.0 Å². The predicted octanol–water partition coefficient (Wildman–Crippen LogP) is 1.58. The van der Waals surface area contributed by atoms with Gasteiger partial charge in [-0.1, -0.05) is 11.8 Å². The van der Waals surface area contributed by atoms with Crippen LogP contribution in [0, 0.1) is 13.8 Å². The van der Waals surface area contributed by atoms with E-state index in [4.69, 9.17) is 10.3 Å². The third kappa shape index (κ3) is 3.33. The molecule has 19 heavy (non-hydrogen) atoms. The van der Waals surface area contributed by atoms with Crippen LogP contribution < -0.4 is 11.3 Å².